The Morgan fingerprint density at radius 3 is 2.94 bits per heavy atom. The van der Waals surface area contributed by atoms with Crippen molar-refractivity contribution < 1.29 is 9.53 Å². The Kier molecular flexibility index (Phi) is 4.24. The lowest BCUT2D eigenvalue weighted by Crippen LogP contribution is -2.21. The average molecular weight is 247 g/mol. The van der Waals surface area contributed by atoms with E-state index in [1.165, 1.54) is 43.2 Å². The molecule has 1 aliphatic carbocycles. The summed E-state index contributed by atoms with van der Waals surface area (Å²) in [5.74, 6) is -0.167. The van der Waals surface area contributed by atoms with Crippen molar-refractivity contribution in [2.45, 2.75) is 45.1 Å². The first-order valence-electron chi connectivity index (χ1n) is 6.65. The second-order valence-corrected chi connectivity index (χ2v) is 4.98. The first-order valence-corrected chi connectivity index (χ1v) is 6.65. The zero-order valence-corrected chi connectivity index (χ0v) is 11.2. The lowest BCUT2D eigenvalue weighted by Gasteiger charge is -2.22. The van der Waals surface area contributed by atoms with Gasteiger partial charge in [0.05, 0.1) is 13.5 Å². The molecule has 0 aliphatic heterocycles. The molecule has 0 aromatic heterocycles. The van der Waals surface area contributed by atoms with Gasteiger partial charge in [0.2, 0.25) is 0 Å². The van der Waals surface area contributed by atoms with Gasteiger partial charge in [-0.05, 0) is 49.8 Å². The Labute approximate surface area is 109 Å². The molecule has 1 aromatic carbocycles. The fourth-order valence-corrected chi connectivity index (χ4v) is 2.57. The van der Waals surface area contributed by atoms with Crippen molar-refractivity contribution in [3.63, 3.8) is 0 Å². The summed E-state index contributed by atoms with van der Waals surface area (Å²) in [5, 5.41) is 3.43. The van der Waals surface area contributed by atoms with Crippen LogP contribution in [0.3, 0.4) is 0 Å². The summed E-state index contributed by atoms with van der Waals surface area (Å²) in [5.41, 5.74) is 4.07. The molecule has 1 atom stereocenters. The summed E-state index contributed by atoms with van der Waals surface area (Å²) in [7, 11) is 1.43. The molecule has 0 amide bonds. The Morgan fingerprint density at radius 1 is 1.39 bits per heavy atom. The van der Waals surface area contributed by atoms with Gasteiger partial charge in [0.15, 0.2) is 0 Å². The number of anilines is 1. The highest BCUT2D eigenvalue weighted by Crippen LogP contribution is 2.28. The van der Waals surface area contributed by atoms with E-state index in [1.807, 2.05) is 6.92 Å². The van der Waals surface area contributed by atoms with Gasteiger partial charge in [0.1, 0.15) is 0 Å². The van der Waals surface area contributed by atoms with Crippen molar-refractivity contribution in [3.8, 4) is 0 Å². The van der Waals surface area contributed by atoms with E-state index in [0.717, 1.165) is 6.42 Å². The highest BCUT2D eigenvalue weighted by atomic mass is 16.5. The van der Waals surface area contributed by atoms with Gasteiger partial charge in [-0.1, -0.05) is 12.1 Å². The lowest BCUT2D eigenvalue weighted by molar-refractivity contribution is -0.140. The van der Waals surface area contributed by atoms with E-state index in [4.69, 9.17) is 4.74 Å². The average Bonchev–Trinajstić information content (AvgIpc) is 2.39. The zero-order chi connectivity index (χ0) is 13.0. The minimum Gasteiger partial charge on any atom is -0.469 e. The monoisotopic (exact) mass is 247 g/mol. The maximum Gasteiger partial charge on any atom is 0.307 e. The Hall–Kier alpha value is -1.51. The molecule has 0 saturated carbocycles. The van der Waals surface area contributed by atoms with Crippen LogP contribution in [0.25, 0.3) is 0 Å². The quantitative estimate of drug-likeness (QED) is 0.831. The Bertz CT molecular complexity index is 429. The smallest absolute Gasteiger partial charge is 0.307 e. The van der Waals surface area contributed by atoms with Crippen molar-refractivity contribution in [1.29, 1.82) is 0 Å². The summed E-state index contributed by atoms with van der Waals surface area (Å²) in [6, 6.07) is 6.52. The van der Waals surface area contributed by atoms with E-state index in [1.54, 1.807) is 0 Å². The van der Waals surface area contributed by atoms with Gasteiger partial charge < -0.3 is 10.1 Å². The molecule has 98 valence electrons. The van der Waals surface area contributed by atoms with Crippen LogP contribution in [-0.2, 0) is 22.4 Å². The normalized spacial score (nSPS) is 15.7. The maximum absolute atomic E-state index is 11.2. The molecule has 0 bridgehead atoms. The van der Waals surface area contributed by atoms with Gasteiger partial charge in [0, 0.05) is 11.7 Å². The van der Waals surface area contributed by atoms with Crippen LogP contribution >= 0.6 is 0 Å². The maximum atomic E-state index is 11.2. The molecule has 0 saturated heterocycles. The van der Waals surface area contributed by atoms with Crippen molar-refractivity contribution >= 4 is 11.7 Å². The van der Waals surface area contributed by atoms with E-state index in [0.29, 0.717) is 6.42 Å². The van der Waals surface area contributed by atoms with Crippen LogP contribution in [-0.4, -0.2) is 19.1 Å². The molecule has 3 nitrogen and oxygen atoms in total. The molecular formula is C15H21NO2. The number of rotatable bonds is 4. The predicted molar refractivity (Wildman–Crippen MR) is 72.8 cm³/mol. The highest BCUT2D eigenvalue weighted by molar-refractivity contribution is 5.70. The number of methoxy groups -OCH3 is 1. The van der Waals surface area contributed by atoms with E-state index >= 15 is 0 Å². The molecule has 2 rings (SSSR count). The molecule has 1 aromatic rings. The summed E-state index contributed by atoms with van der Waals surface area (Å²) >= 11 is 0. The lowest BCUT2D eigenvalue weighted by atomic mass is 9.90. The number of carbonyl (C=O) groups excluding carboxylic acids is 1. The number of fused-ring (bicyclic) bond motifs is 1. The molecule has 0 fully saturated rings. The number of hydrogen-bond donors (Lipinski definition) is 1. The first-order chi connectivity index (χ1) is 8.70. The Morgan fingerprint density at radius 2 is 2.17 bits per heavy atom. The predicted octanol–water partition coefficient (Wildman–Crippen LogP) is 2.93. The van der Waals surface area contributed by atoms with Crippen molar-refractivity contribution in [1.82, 2.24) is 0 Å². The zero-order valence-electron chi connectivity index (χ0n) is 11.2. The second-order valence-electron chi connectivity index (χ2n) is 4.98. The van der Waals surface area contributed by atoms with Gasteiger partial charge in [-0.2, -0.15) is 0 Å². The van der Waals surface area contributed by atoms with Crippen molar-refractivity contribution in [2.75, 3.05) is 12.4 Å². The van der Waals surface area contributed by atoms with Crippen molar-refractivity contribution in [2.24, 2.45) is 0 Å². The SMILES string of the molecule is COC(=O)CC(C)Nc1cccc2c1CCCC2. The van der Waals surface area contributed by atoms with E-state index < -0.39 is 0 Å². The number of benzene rings is 1. The van der Waals surface area contributed by atoms with E-state index in [-0.39, 0.29) is 12.0 Å². The summed E-state index contributed by atoms with van der Waals surface area (Å²) in [4.78, 5) is 11.2. The van der Waals surface area contributed by atoms with Gasteiger partial charge in [0.25, 0.3) is 0 Å². The standard InChI is InChI=1S/C15H21NO2/c1-11(10-15(17)18-2)16-14-9-5-7-12-6-3-4-8-13(12)14/h5,7,9,11,16H,3-4,6,8,10H2,1-2H3. The summed E-state index contributed by atoms with van der Waals surface area (Å²) in [6.07, 6.45) is 5.27. The van der Waals surface area contributed by atoms with E-state index in [2.05, 4.69) is 23.5 Å². The number of hydrogen-bond acceptors (Lipinski definition) is 3. The number of carbonyl (C=O) groups is 1. The molecule has 1 unspecified atom stereocenters. The molecule has 18 heavy (non-hydrogen) atoms. The third-order valence-electron chi connectivity index (χ3n) is 3.50. The second kappa shape index (κ2) is 5.89. The van der Waals surface area contributed by atoms with Gasteiger partial charge in [-0.25, -0.2) is 0 Å². The van der Waals surface area contributed by atoms with Crippen LogP contribution in [0.1, 0.15) is 37.3 Å². The molecular weight excluding hydrogens is 226 g/mol. The Balaban J connectivity index is 2.07. The van der Waals surface area contributed by atoms with Crippen LogP contribution in [0.2, 0.25) is 0 Å². The minimum atomic E-state index is -0.167. The molecule has 0 radical (unpaired) electrons. The van der Waals surface area contributed by atoms with Crippen LogP contribution < -0.4 is 5.32 Å². The van der Waals surface area contributed by atoms with Crippen molar-refractivity contribution in [3.05, 3.63) is 29.3 Å². The van der Waals surface area contributed by atoms with Crippen LogP contribution in [0.15, 0.2) is 18.2 Å². The largest absolute Gasteiger partial charge is 0.469 e. The van der Waals surface area contributed by atoms with Gasteiger partial charge in [-0.3, -0.25) is 4.79 Å². The van der Waals surface area contributed by atoms with Gasteiger partial charge >= 0.3 is 5.97 Å². The summed E-state index contributed by atoms with van der Waals surface area (Å²) < 4.78 is 4.69. The molecule has 1 N–H and O–H groups in total. The fraction of sp³-hybridized carbons (Fsp3) is 0.533. The third-order valence-corrected chi connectivity index (χ3v) is 3.50. The molecule has 1 aliphatic rings. The fourth-order valence-electron chi connectivity index (χ4n) is 2.57. The third kappa shape index (κ3) is 3.03. The van der Waals surface area contributed by atoms with Crippen LogP contribution in [0, 0.1) is 0 Å². The van der Waals surface area contributed by atoms with Crippen LogP contribution in [0.4, 0.5) is 5.69 Å². The van der Waals surface area contributed by atoms with Gasteiger partial charge in [-0.15, -0.1) is 0 Å². The number of esters is 1. The molecule has 0 heterocycles. The molecule has 0 spiro atoms. The number of ether oxygens (including phenoxy) is 1. The first kappa shape index (κ1) is 12.9. The number of nitrogens with one attached hydrogen (secondary N) is 1. The van der Waals surface area contributed by atoms with Crippen LogP contribution in [0.5, 0.6) is 0 Å². The minimum absolute atomic E-state index is 0.103. The highest BCUT2D eigenvalue weighted by Gasteiger charge is 2.15. The summed E-state index contributed by atoms with van der Waals surface area (Å²) in [6.45, 7) is 2.01. The van der Waals surface area contributed by atoms with E-state index in [9.17, 15) is 4.79 Å². The topological polar surface area (TPSA) is 38.3 Å². The molecule has 3 heteroatoms. The number of aryl methyl sites for hydroxylation is 1.